The first-order chi connectivity index (χ1) is 14.6. The van der Waals surface area contributed by atoms with Crippen molar-refractivity contribution < 1.29 is 9.18 Å². The molecule has 1 spiro atoms. The maximum absolute atomic E-state index is 14.1. The number of halogens is 2. The molecule has 6 rings (SSSR count). The van der Waals surface area contributed by atoms with Gasteiger partial charge in [-0.1, -0.05) is 17.7 Å². The molecule has 2 aromatic carbocycles. The molecular formula is C23H22ClFN4O. The van der Waals surface area contributed by atoms with Crippen molar-refractivity contribution in [3.05, 3.63) is 58.6 Å². The van der Waals surface area contributed by atoms with Gasteiger partial charge in [0.25, 0.3) is 0 Å². The van der Waals surface area contributed by atoms with E-state index in [0.29, 0.717) is 23.3 Å². The summed E-state index contributed by atoms with van der Waals surface area (Å²) in [6.07, 6.45) is 3.68. The third-order valence-electron chi connectivity index (χ3n) is 6.87. The van der Waals surface area contributed by atoms with Gasteiger partial charge < -0.3 is 14.8 Å². The molecule has 3 heterocycles. The molecule has 7 heteroatoms. The van der Waals surface area contributed by atoms with E-state index in [9.17, 15) is 9.18 Å². The van der Waals surface area contributed by atoms with Gasteiger partial charge >= 0.3 is 0 Å². The lowest BCUT2D eigenvalue weighted by atomic mass is 9.98. The predicted molar refractivity (Wildman–Crippen MR) is 114 cm³/mol. The van der Waals surface area contributed by atoms with Gasteiger partial charge in [0.2, 0.25) is 5.91 Å². The summed E-state index contributed by atoms with van der Waals surface area (Å²) in [6, 6.07) is 10.8. The second kappa shape index (κ2) is 6.53. The third-order valence-corrected chi connectivity index (χ3v) is 7.10. The van der Waals surface area contributed by atoms with E-state index in [2.05, 4.69) is 9.88 Å². The topological polar surface area (TPSA) is 50.2 Å². The number of amides is 1. The zero-order valence-corrected chi connectivity index (χ0v) is 17.3. The fourth-order valence-electron chi connectivity index (χ4n) is 5.23. The van der Waals surface area contributed by atoms with Crippen molar-refractivity contribution in [2.75, 3.05) is 18.0 Å². The van der Waals surface area contributed by atoms with Crippen LogP contribution in [-0.2, 0) is 16.8 Å². The van der Waals surface area contributed by atoms with Crippen LogP contribution >= 0.6 is 11.6 Å². The van der Waals surface area contributed by atoms with Crippen LogP contribution in [0, 0.1) is 5.82 Å². The van der Waals surface area contributed by atoms with Crippen LogP contribution in [0.25, 0.3) is 11.0 Å². The SMILES string of the molecule is O=C1N(Cc2nc3cc(Cl)ccc3n2C2CCNCC2)c2cc(F)ccc2C12CC2. The second-order valence-corrected chi connectivity index (χ2v) is 9.08. The summed E-state index contributed by atoms with van der Waals surface area (Å²) in [7, 11) is 0. The monoisotopic (exact) mass is 424 g/mol. The fraction of sp³-hybridized carbons (Fsp3) is 0.391. The summed E-state index contributed by atoms with van der Waals surface area (Å²) < 4.78 is 16.3. The average molecular weight is 425 g/mol. The molecule has 1 N–H and O–H groups in total. The van der Waals surface area contributed by atoms with Gasteiger partial charge in [0.05, 0.1) is 28.7 Å². The zero-order valence-electron chi connectivity index (χ0n) is 16.5. The fourth-order valence-corrected chi connectivity index (χ4v) is 5.39. The molecular weight excluding hydrogens is 403 g/mol. The average Bonchev–Trinajstić information content (AvgIpc) is 3.43. The van der Waals surface area contributed by atoms with Crippen molar-refractivity contribution in [2.45, 2.75) is 43.7 Å². The number of piperidine rings is 1. The number of benzene rings is 2. The molecule has 1 saturated carbocycles. The van der Waals surface area contributed by atoms with Gasteiger partial charge in [-0.25, -0.2) is 9.37 Å². The highest BCUT2D eigenvalue weighted by Gasteiger charge is 2.59. The van der Waals surface area contributed by atoms with Gasteiger partial charge in [0.15, 0.2) is 0 Å². The first-order valence-electron chi connectivity index (χ1n) is 10.6. The van der Waals surface area contributed by atoms with Crippen molar-refractivity contribution in [2.24, 2.45) is 0 Å². The Morgan fingerprint density at radius 1 is 1.17 bits per heavy atom. The van der Waals surface area contributed by atoms with E-state index >= 15 is 0 Å². The summed E-state index contributed by atoms with van der Waals surface area (Å²) in [5, 5.41) is 4.05. The summed E-state index contributed by atoms with van der Waals surface area (Å²) >= 11 is 6.22. The largest absolute Gasteiger partial charge is 0.323 e. The smallest absolute Gasteiger partial charge is 0.238 e. The molecule has 0 unspecified atom stereocenters. The predicted octanol–water partition coefficient (Wildman–Crippen LogP) is 4.33. The minimum atomic E-state index is -0.446. The zero-order chi connectivity index (χ0) is 20.5. The highest BCUT2D eigenvalue weighted by Crippen LogP contribution is 2.57. The highest BCUT2D eigenvalue weighted by molar-refractivity contribution is 6.31. The van der Waals surface area contributed by atoms with E-state index in [1.54, 1.807) is 11.0 Å². The van der Waals surface area contributed by atoms with Gasteiger partial charge in [-0.3, -0.25) is 4.79 Å². The number of aromatic nitrogens is 2. The summed E-state index contributed by atoms with van der Waals surface area (Å²) in [4.78, 5) is 20.0. The van der Waals surface area contributed by atoms with Crippen LogP contribution in [0.1, 0.15) is 43.1 Å². The lowest BCUT2D eigenvalue weighted by molar-refractivity contribution is -0.120. The van der Waals surface area contributed by atoms with Crippen molar-refractivity contribution in [3.8, 4) is 0 Å². The normalized spacial score (nSPS) is 20.3. The molecule has 1 aliphatic carbocycles. The maximum atomic E-state index is 14.1. The molecule has 1 saturated heterocycles. The molecule has 154 valence electrons. The summed E-state index contributed by atoms with van der Waals surface area (Å²) in [6.45, 7) is 2.25. The number of anilines is 1. The Morgan fingerprint density at radius 3 is 2.73 bits per heavy atom. The van der Waals surface area contributed by atoms with Gasteiger partial charge in [0, 0.05) is 11.1 Å². The molecule has 30 heavy (non-hydrogen) atoms. The van der Waals surface area contributed by atoms with Crippen molar-refractivity contribution in [1.82, 2.24) is 14.9 Å². The molecule has 1 aromatic heterocycles. The van der Waals surface area contributed by atoms with E-state index in [1.807, 2.05) is 18.2 Å². The Bertz CT molecular complexity index is 1180. The van der Waals surface area contributed by atoms with Crippen LogP contribution in [0.5, 0.6) is 0 Å². The quantitative estimate of drug-likeness (QED) is 0.680. The molecule has 0 radical (unpaired) electrons. The van der Waals surface area contributed by atoms with Crippen LogP contribution in [0.3, 0.4) is 0 Å². The molecule has 3 aliphatic rings. The first-order valence-corrected chi connectivity index (χ1v) is 10.9. The first kappa shape index (κ1) is 18.3. The molecule has 0 atom stereocenters. The minimum Gasteiger partial charge on any atom is -0.323 e. The van der Waals surface area contributed by atoms with Gasteiger partial charge in [-0.15, -0.1) is 0 Å². The number of hydrogen-bond donors (Lipinski definition) is 1. The lowest BCUT2D eigenvalue weighted by Gasteiger charge is -2.27. The van der Waals surface area contributed by atoms with Crippen molar-refractivity contribution in [3.63, 3.8) is 0 Å². The van der Waals surface area contributed by atoms with Gasteiger partial charge in [0.1, 0.15) is 11.6 Å². The Kier molecular flexibility index (Phi) is 3.99. The molecule has 3 aromatic rings. The maximum Gasteiger partial charge on any atom is 0.238 e. The number of nitrogens with zero attached hydrogens (tertiary/aromatic N) is 3. The summed E-state index contributed by atoms with van der Waals surface area (Å²) in [5.74, 6) is 0.591. The van der Waals surface area contributed by atoms with Crippen LogP contribution < -0.4 is 10.2 Å². The Labute approximate surface area is 178 Å². The Balaban J connectivity index is 1.46. The summed E-state index contributed by atoms with van der Waals surface area (Å²) in [5.41, 5.74) is 3.08. The highest BCUT2D eigenvalue weighted by atomic mass is 35.5. The standard InChI is InChI=1S/C23H22ClFN4O/c24-14-1-4-19-18(11-14)27-21(29(19)16-5-9-26-10-6-16)13-28-20-12-15(25)2-3-17(20)23(7-8-23)22(28)30/h1-4,11-12,16,26H,5-10,13H2. The number of nitrogens with one attached hydrogen (secondary N) is 1. The number of hydrogen-bond acceptors (Lipinski definition) is 3. The molecule has 5 nitrogen and oxygen atoms in total. The Hall–Kier alpha value is -2.44. The van der Waals surface area contributed by atoms with E-state index in [4.69, 9.17) is 16.6 Å². The van der Waals surface area contributed by atoms with Gasteiger partial charge in [-0.2, -0.15) is 0 Å². The van der Waals surface area contributed by atoms with Crippen LogP contribution in [0.15, 0.2) is 36.4 Å². The number of fused-ring (bicyclic) bond motifs is 3. The van der Waals surface area contributed by atoms with E-state index in [1.165, 1.54) is 12.1 Å². The molecule has 2 aliphatic heterocycles. The number of carbonyl (C=O) groups is 1. The second-order valence-electron chi connectivity index (χ2n) is 8.65. The Morgan fingerprint density at radius 2 is 1.97 bits per heavy atom. The minimum absolute atomic E-state index is 0.0741. The number of carbonyl (C=O) groups excluding carboxylic acids is 1. The lowest BCUT2D eigenvalue weighted by Crippen LogP contribution is -2.34. The van der Waals surface area contributed by atoms with Gasteiger partial charge in [-0.05, 0) is 74.7 Å². The van der Waals surface area contributed by atoms with Crippen molar-refractivity contribution >= 4 is 34.2 Å². The molecule has 1 amide bonds. The van der Waals surface area contributed by atoms with Crippen LogP contribution in [0.4, 0.5) is 10.1 Å². The van der Waals surface area contributed by atoms with E-state index in [-0.39, 0.29) is 11.7 Å². The number of imidazole rings is 1. The molecule has 0 bridgehead atoms. The van der Waals surface area contributed by atoms with E-state index in [0.717, 1.165) is 61.2 Å². The van der Waals surface area contributed by atoms with Crippen LogP contribution in [0.2, 0.25) is 5.02 Å². The third kappa shape index (κ3) is 2.63. The van der Waals surface area contributed by atoms with Crippen molar-refractivity contribution in [1.29, 1.82) is 0 Å². The molecule has 2 fully saturated rings. The van der Waals surface area contributed by atoms with Crippen LogP contribution in [-0.4, -0.2) is 28.5 Å². The number of rotatable bonds is 3. The van der Waals surface area contributed by atoms with E-state index < -0.39 is 5.41 Å².